The Hall–Kier alpha value is -5.32. The fourth-order valence-electron chi connectivity index (χ4n) is 5.46. The average Bonchev–Trinajstić information content (AvgIpc) is 3.45. The molecule has 0 saturated carbocycles. The Balaban J connectivity index is 1.72. The van der Waals surface area contributed by atoms with Crippen LogP contribution in [0.3, 0.4) is 0 Å². The number of hydrogen-bond acceptors (Lipinski definition) is 0. The molecular formula is C32H18N4. The van der Waals surface area contributed by atoms with Gasteiger partial charge in [0.1, 0.15) is 0 Å². The van der Waals surface area contributed by atoms with E-state index in [0.29, 0.717) is 11.4 Å². The number of fused-ring (bicyclic) bond motifs is 6. The minimum Gasteiger partial charge on any atom is -0.309 e. The van der Waals surface area contributed by atoms with Crippen LogP contribution in [0.15, 0.2) is 109 Å². The van der Waals surface area contributed by atoms with Gasteiger partial charge >= 0.3 is 0 Å². The summed E-state index contributed by atoms with van der Waals surface area (Å²) in [4.78, 5) is 7.47. The molecule has 7 aromatic rings. The van der Waals surface area contributed by atoms with Crippen LogP contribution in [0.25, 0.3) is 64.7 Å². The van der Waals surface area contributed by atoms with Crippen molar-refractivity contribution in [3.8, 4) is 11.4 Å². The third-order valence-electron chi connectivity index (χ3n) is 6.95. The van der Waals surface area contributed by atoms with Crippen molar-refractivity contribution in [1.29, 1.82) is 0 Å². The summed E-state index contributed by atoms with van der Waals surface area (Å²) in [5.74, 6) is 0. The summed E-state index contributed by atoms with van der Waals surface area (Å²) in [6, 6.07) is 37.1. The van der Waals surface area contributed by atoms with Crippen molar-refractivity contribution < 1.29 is 0 Å². The van der Waals surface area contributed by atoms with Gasteiger partial charge < -0.3 is 9.13 Å². The molecule has 166 valence electrons. The highest BCUT2D eigenvalue weighted by molar-refractivity contribution is 6.11. The van der Waals surface area contributed by atoms with Crippen molar-refractivity contribution in [1.82, 2.24) is 9.13 Å². The lowest BCUT2D eigenvalue weighted by Gasteiger charge is -2.18. The van der Waals surface area contributed by atoms with Crippen molar-refractivity contribution in [2.45, 2.75) is 0 Å². The van der Waals surface area contributed by atoms with Gasteiger partial charge in [0.15, 0.2) is 11.4 Å². The Kier molecular flexibility index (Phi) is 4.24. The molecule has 0 aliphatic rings. The molecule has 0 atom stereocenters. The highest BCUT2D eigenvalue weighted by Gasteiger charge is 2.21. The van der Waals surface area contributed by atoms with E-state index in [0.717, 1.165) is 55.0 Å². The molecule has 0 bridgehead atoms. The molecule has 36 heavy (non-hydrogen) atoms. The van der Waals surface area contributed by atoms with Gasteiger partial charge in [-0.15, -0.1) is 0 Å². The largest absolute Gasteiger partial charge is 0.309 e. The topological polar surface area (TPSA) is 18.6 Å². The summed E-state index contributed by atoms with van der Waals surface area (Å²) in [6.07, 6.45) is 0. The van der Waals surface area contributed by atoms with Gasteiger partial charge in [0.25, 0.3) is 0 Å². The van der Waals surface area contributed by atoms with Crippen LogP contribution in [0.4, 0.5) is 11.4 Å². The summed E-state index contributed by atoms with van der Waals surface area (Å²) in [7, 11) is 0. The summed E-state index contributed by atoms with van der Waals surface area (Å²) in [6.45, 7) is 15.6. The molecule has 0 aliphatic heterocycles. The molecular weight excluding hydrogens is 440 g/mol. The van der Waals surface area contributed by atoms with Crippen molar-refractivity contribution in [2.75, 3.05) is 0 Å². The molecule has 0 unspecified atom stereocenters. The Morgan fingerprint density at radius 2 is 0.694 bits per heavy atom. The zero-order valence-electron chi connectivity index (χ0n) is 19.2. The highest BCUT2D eigenvalue weighted by Crippen LogP contribution is 2.42. The van der Waals surface area contributed by atoms with Crippen molar-refractivity contribution in [3.63, 3.8) is 0 Å². The number of aromatic nitrogens is 2. The maximum absolute atomic E-state index is 7.81. The van der Waals surface area contributed by atoms with Gasteiger partial charge in [0.05, 0.1) is 46.6 Å². The number of rotatable bonds is 2. The maximum Gasteiger partial charge on any atom is 0.196 e. The summed E-state index contributed by atoms with van der Waals surface area (Å²) < 4.78 is 4.46. The van der Waals surface area contributed by atoms with Gasteiger partial charge in [-0.25, -0.2) is 0 Å². The molecule has 2 heterocycles. The Morgan fingerprint density at radius 3 is 0.972 bits per heavy atom. The first-order chi connectivity index (χ1) is 17.8. The minimum atomic E-state index is 0.353. The molecule has 0 spiro atoms. The second-order valence-corrected chi connectivity index (χ2v) is 8.79. The van der Waals surface area contributed by atoms with E-state index in [1.807, 2.05) is 36.4 Å². The van der Waals surface area contributed by atoms with E-state index in [1.54, 1.807) is 0 Å². The van der Waals surface area contributed by atoms with Gasteiger partial charge in [-0.05, 0) is 36.4 Å². The molecule has 7 rings (SSSR count). The smallest absolute Gasteiger partial charge is 0.196 e. The lowest BCUT2D eigenvalue weighted by molar-refractivity contribution is 1.10. The van der Waals surface area contributed by atoms with E-state index < -0.39 is 0 Å². The Bertz CT molecular complexity index is 1820. The third kappa shape index (κ3) is 2.67. The normalized spacial score (nSPS) is 11.3. The zero-order valence-corrected chi connectivity index (χ0v) is 19.2. The van der Waals surface area contributed by atoms with Gasteiger partial charge in [0.2, 0.25) is 0 Å². The van der Waals surface area contributed by atoms with Crippen molar-refractivity contribution in [2.24, 2.45) is 0 Å². The van der Waals surface area contributed by atoms with Crippen LogP contribution in [0, 0.1) is 13.1 Å². The first-order valence-electron chi connectivity index (χ1n) is 11.7. The van der Waals surface area contributed by atoms with Gasteiger partial charge in [-0.2, -0.15) is 0 Å². The Labute approximate surface area is 207 Å². The number of nitrogens with zero attached hydrogens (tertiary/aromatic N) is 4. The van der Waals surface area contributed by atoms with E-state index in [9.17, 15) is 0 Å². The first-order valence-corrected chi connectivity index (χ1v) is 11.7. The predicted octanol–water partition coefficient (Wildman–Crippen LogP) is 8.98. The number of para-hydroxylation sites is 4. The van der Waals surface area contributed by atoms with Crippen LogP contribution in [0.5, 0.6) is 0 Å². The molecule has 0 aliphatic carbocycles. The molecule has 0 N–H and O–H groups in total. The summed E-state index contributed by atoms with van der Waals surface area (Å²) in [5, 5.41) is 4.61. The lowest BCUT2D eigenvalue weighted by Crippen LogP contribution is -2.03. The predicted molar refractivity (Wildman–Crippen MR) is 148 cm³/mol. The number of benzene rings is 5. The average molecular weight is 459 g/mol. The van der Waals surface area contributed by atoms with Crippen LogP contribution in [-0.4, -0.2) is 9.13 Å². The van der Waals surface area contributed by atoms with E-state index in [1.165, 1.54) is 0 Å². The van der Waals surface area contributed by atoms with Crippen LogP contribution in [0.2, 0.25) is 0 Å². The maximum atomic E-state index is 7.81. The molecule has 0 radical (unpaired) electrons. The highest BCUT2D eigenvalue weighted by atomic mass is 15.1. The SMILES string of the molecule is [C-]#[N+]c1cc(-n2c3ccccc3c3ccccc32)c(-n2c3ccccc3c3ccccc32)cc1[N+]#[C-]. The standard InChI is InChI=1S/C32H18N4/c1-33-25-19-31(35-27-15-7-3-11-21(27)22-12-4-8-16-28(22)35)32(20-26(25)34-2)36-29-17-9-5-13-23(29)24-14-6-10-18-30(24)36/h3-20H. The molecule has 2 aromatic heterocycles. The second-order valence-electron chi connectivity index (χ2n) is 8.79. The number of hydrogen-bond donors (Lipinski definition) is 0. The van der Waals surface area contributed by atoms with Crippen LogP contribution in [0.1, 0.15) is 0 Å². The monoisotopic (exact) mass is 458 g/mol. The van der Waals surface area contributed by atoms with E-state index in [4.69, 9.17) is 13.1 Å². The summed E-state index contributed by atoms with van der Waals surface area (Å²) in [5.41, 5.74) is 6.70. The minimum absolute atomic E-state index is 0.353. The molecule has 0 saturated heterocycles. The van der Waals surface area contributed by atoms with Crippen LogP contribution < -0.4 is 0 Å². The van der Waals surface area contributed by atoms with Crippen molar-refractivity contribution in [3.05, 3.63) is 132 Å². The van der Waals surface area contributed by atoms with Crippen molar-refractivity contribution >= 4 is 55.0 Å². The second kappa shape index (κ2) is 7.60. The van der Waals surface area contributed by atoms with Crippen LogP contribution >= 0.6 is 0 Å². The molecule has 4 heteroatoms. The fourth-order valence-corrected chi connectivity index (χ4v) is 5.46. The summed E-state index contributed by atoms with van der Waals surface area (Å²) >= 11 is 0. The van der Waals surface area contributed by atoms with E-state index in [2.05, 4.69) is 91.6 Å². The molecule has 4 nitrogen and oxygen atoms in total. The van der Waals surface area contributed by atoms with Crippen LogP contribution in [-0.2, 0) is 0 Å². The first kappa shape index (κ1) is 20.1. The third-order valence-corrected chi connectivity index (χ3v) is 6.95. The van der Waals surface area contributed by atoms with Gasteiger partial charge in [0, 0.05) is 21.5 Å². The molecule has 0 amide bonds. The van der Waals surface area contributed by atoms with Gasteiger partial charge in [-0.1, -0.05) is 72.8 Å². The quantitative estimate of drug-likeness (QED) is 0.230. The molecule has 0 fully saturated rings. The lowest BCUT2D eigenvalue weighted by atomic mass is 10.1. The van der Waals surface area contributed by atoms with E-state index in [-0.39, 0.29) is 0 Å². The molecule has 5 aromatic carbocycles. The Morgan fingerprint density at radius 1 is 0.417 bits per heavy atom. The van der Waals surface area contributed by atoms with E-state index >= 15 is 0 Å². The zero-order chi connectivity index (χ0) is 24.2. The fraction of sp³-hybridized carbons (Fsp3) is 0. The van der Waals surface area contributed by atoms with Gasteiger partial charge in [-0.3, -0.25) is 9.69 Å².